The van der Waals surface area contributed by atoms with Gasteiger partial charge in [0.1, 0.15) is 16.8 Å². The Morgan fingerprint density at radius 3 is 2.78 bits per heavy atom. The Balaban J connectivity index is 1.77. The zero-order chi connectivity index (χ0) is 19.4. The van der Waals surface area contributed by atoms with Crippen LogP contribution in [0.1, 0.15) is 32.6 Å². The molecule has 1 saturated heterocycles. The van der Waals surface area contributed by atoms with Crippen LogP contribution in [0, 0.1) is 34.0 Å². The number of esters is 2. The molecule has 0 N–H and O–H groups in total. The quantitative estimate of drug-likeness (QED) is 0.373. The third-order valence-corrected chi connectivity index (χ3v) is 9.44. The Morgan fingerprint density at radius 2 is 2.11 bits per heavy atom. The molecule has 3 saturated carbocycles. The molecule has 5 aliphatic rings. The molecule has 0 aromatic heterocycles. The van der Waals surface area contributed by atoms with Crippen molar-refractivity contribution in [3.05, 3.63) is 12.2 Å². The smallest absolute Gasteiger partial charge is 0.321 e. The van der Waals surface area contributed by atoms with E-state index in [2.05, 4.69) is 15.9 Å². The number of ether oxygens (including phenoxy) is 2. The summed E-state index contributed by atoms with van der Waals surface area (Å²) in [7, 11) is 1.32. The topological polar surface area (TPSA) is 86.7 Å². The molecule has 1 heterocycles. The zero-order valence-electron chi connectivity index (χ0n) is 15.2. The van der Waals surface area contributed by atoms with Crippen LogP contribution in [0.5, 0.6) is 0 Å². The number of carbonyl (C=O) groups excluding carboxylic acids is 4. The van der Waals surface area contributed by atoms with Gasteiger partial charge < -0.3 is 9.47 Å². The molecule has 7 heteroatoms. The second-order valence-electron chi connectivity index (χ2n) is 9.14. The summed E-state index contributed by atoms with van der Waals surface area (Å²) in [5.74, 6) is -2.66. The molecule has 1 unspecified atom stereocenters. The number of carbonyl (C=O) groups is 4. The van der Waals surface area contributed by atoms with Crippen molar-refractivity contribution in [1.82, 2.24) is 0 Å². The average Bonchev–Trinajstić information content (AvgIpc) is 3.09. The molecule has 1 aliphatic heterocycles. The molecule has 4 aliphatic carbocycles. The summed E-state index contributed by atoms with van der Waals surface area (Å²) in [6.45, 7) is 1.59. The van der Waals surface area contributed by atoms with Crippen LogP contribution in [0.25, 0.3) is 0 Å². The Morgan fingerprint density at radius 1 is 1.37 bits per heavy atom. The first-order chi connectivity index (χ1) is 12.7. The van der Waals surface area contributed by atoms with Gasteiger partial charge in [-0.25, -0.2) is 0 Å². The highest BCUT2D eigenvalue weighted by Crippen LogP contribution is 2.77. The maximum atomic E-state index is 13.0. The highest BCUT2D eigenvalue weighted by atomic mass is 79.9. The van der Waals surface area contributed by atoms with Crippen molar-refractivity contribution in [2.75, 3.05) is 12.4 Å². The lowest BCUT2D eigenvalue weighted by molar-refractivity contribution is -0.161. The molecule has 0 amide bonds. The number of Topliss-reactive ketones (excluding diaryl/α,β-unsaturated/α-hetero) is 1. The number of halogens is 1. The van der Waals surface area contributed by atoms with E-state index in [1.165, 1.54) is 13.2 Å². The minimum absolute atomic E-state index is 0.159. The van der Waals surface area contributed by atoms with Crippen molar-refractivity contribution in [3.63, 3.8) is 0 Å². The number of ketones is 2. The van der Waals surface area contributed by atoms with Crippen LogP contribution in [0.2, 0.25) is 0 Å². The van der Waals surface area contributed by atoms with E-state index in [0.29, 0.717) is 24.6 Å². The molecule has 0 radical (unpaired) electrons. The molecular weight excluding hydrogens is 416 g/mol. The molecule has 7 atom stereocenters. The van der Waals surface area contributed by atoms with Crippen LogP contribution in [-0.2, 0) is 28.7 Å². The van der Waals surface area contributed by atoms with Crippen molar-refractivity contribution in [2.24, 2.45) is 34.0 Å². The average molecular weight is 437 g/mol. The Labute approximate surface area is 165 Å². The van der Waals surface area contributed by atoms with Crippen LogP contribution in [0.15, 0.2) is 12.2 Å². The van der Waals surface area contributed by atoms with Crippen molar-refractivity contribution in [1.29, 1.82) is 0 Å². The third-order valence-electron chi connectivity index (χ3n) is 8.37. The maximum absolute atomic E-state index is 13.0. The summed E-state index contributed by atoms with van der Waals surface area (Å²) in [5, 5.41) is 0.560. The molecule has 6 nitrogen and oxygen atoms in total. The SMILES string of the molecule is COC(=O)[C@H]1[C@@H]2C3(C)C(=O)C=C[C@@]2(OC3=O)[C@@H]2CC[C@@]3(CBr)C[C@]21CC3=O. The Bertz CT molecular complexity index is 849. The van der Waals surface area contributed by atoms with Crippen LogP contribution >= 0.6 is 15.9 Å². The first-order valence-corrected chi connectivity index (χ1v) is 10.5. The molecule has 0 aromatic carbocycles. The Hall–Kier alpha value is -1.50. The normalized spacial score (nSPS) is 51.8. The molecule has 1 spiro atoms. The molecule has 4 fully saturated rings. The first kappa shape index (κ1) is 17.6. The molecule has 4 bridgehead atoms. The third kappa shape index (κ3) is 1.62. The van der Waals surface area contributed by atoms with E-state index in [0.717, 1.165) is 0 Å². The highest BCUT2D eigenvalue weighted by molar-refractivity contribution is 9.09. The molecule has 0 aromatic rings. The van der Waals surface area contributed by atoms with Crippen LogP contribution < -0.4 is 0 Å². The van der Waals surface area contributed by atoms with Crippen molar-refractivity contribution >= 4 is 39.4 Å². The lowest BCUT2D eigenvalue weighted by atomic mass is 9.60. The number of rotatable bonds is 2. The fraction of sp³-hybridized carbons (Fsp3) is 0.700. The van der Waals surface area contributed by atoms with Gasteiger partial charge in [0, 0.05) is 29.0 Å². The summed E-state index contributed by atoms with van der Waals surface area (Å²) in [6.07, 6.45) is 5.37. The fourth-order valence-corrected chi connectivity index (χ4v) is 8.06. The largest absolute Gasteiger partial charge is 0.469 e. The van der Waals surface area contributed by atoms with Gasteiger partial charge in [-0.2, -0.15) is 0 Å². The van der Waals surface area contributed by atoms with E-state index < -0.39 is 45.6 Å². The maximum Gasteiger partial charge on any atom is 0.321 e. The van der Waals surface area contributed by atoms with Gasteiger partial charge in [0.15, 0.2) is 5.78 Å². The van der Waals surface area contributed by atoms with Gasteiger partial charge in [-0.1, -0.05) is 15.9 Å². The lowest BCUT2D eigenvalue weighted by Gasteiger charge is -2.45. The lowest BCUT2D eigenvalue weighted by Crippen LogP contribution is -2.49. The van der Waals surface area contributed by atoms with E-state index >= 15 is 0 Å². The van der Waals surface area contributed by atoms with Crippen molar-refractivity contribution < 1.29 is 28.7 Å². The van der Waals surface area contributed by atoms with Crippen LogP contribution in [-0.4, -0.2) is 41.5 Å². The van der Waals surface area contributed by atoms with E-state index in [1.54, 1.807) is 13.0 Å². The predicted octanol–water partition coefficient (Wildman–Crippen LogP) is 1.99. The summed E-state index contributed by atoms with van der Waals surface area (Å²) in [5.41, 5.74) is -3.51. The number of fused-ring (bicyclic) bond motifs is 1. The summed E-state index contributed by atoms with van der Waals surface area (Å²) < 4.78 is 11.1. The summed E-state index contributed by atoms with van der Waals surface area (Å²) in [6, 6.07) is 0. The molecular formula is C20H21BrO6. The van der Waals surface area contributed by atoms with Gasteiger partial charge in [-0.05, 0) is 43.8 Å². The number of hydrogen-bond donors (Lipinski definition) is 0. The van der Waals surface area contributed by atoms with Crippen LogP contribution in [0.4, 0.5) is 0 Å². The summed E-state index contributed by atoms with van der Waals surface area (Å²) >= 11 is 3.52. The van der Waals surface area contributed by atoms with E-state index in [-0.39, 0.29) is 23.9 Å². The van der Waals surface area contributed by atoms with Crippen LogP contribution in [0.3, 0.4) is 0 Å². The fourth-order valence-electron chi connectivity index (χ4n) is 7.27. The number of alkyl halides is 1. The second-order valence-corrected chi connectivity index (χ2v) is 9.70. The van der Waals surface area contributed by atoms with Gasteiger partial charge in [0.05, 0.1) is 13.0 Å². The minimum atomic E-state index is -1.40. The van der Waals surface area contributed by atoms with Gasteiger partial charge in [0.2, 0.25) is 0 Å². The molecule has 144 valence electrons. The Kier molecular flexibility index (Phi) is 3.20. The minimum Gasteiger partial charge on any atom is -0.469 e. The standard InChI is InChI=1S/C20H21BrO6/c1-17-11(22)4-6-20(27-16(17)25)10-3-5-18(9-21)8-19(10,7-12(18)23)13(14(17)20)15(24)26-2/h4,6,10,13-14H,3,5,7-9H2,1-2H3/t10-,13-,14-,17?,18+,19-,20-/m1/s1. The number of methoxy groups -OCH3 is 1. The molecule has 5 rings (SSSR count). The summed E-state index contributed by atoms with van der Waals surface area (Å²) in [4.78, 5) is 51.6. The van der Waals surface area contributed by atoms with Gasteiger partial charge in [-0.15, -0.1) is 0 Å². The second kappa shape index (κ2) is 4.91. The van der Waals surface area contributed by atoms with E-state index in [4.69, 9.17) is 9.47 Å². The highest BCUT2D eigenvalue weighted by Gasteiger charge is 2.84. The van der Waals surface area contributed by atoms with Gasteiger partial charge in [-0.3, -0.25) is 19.2 Å². The van der Waals surface area contributed by atoms with E-state index in [9.17, 15) is 19.2 Å². The van der Waals surface area contributed by atoms with E-state index in [1.807, 2.05) is 0 Å². The predicted molar refractivity (Wildman–Crippen MR) is 95.7 cm³/mol. The number of hydrogen-bond acceptors (Lipinski definition) is 6. The van der Waals surface area contributed by atoms with Gasteiger partial charge in [0.25, 0.3) is 0 Å². The molecule has 27 heavy (non-hydrogen) atoms. The van der Waals surface area contributed by atoms with Gasteiger partial charge >= 0.3 is 11.9 Å². The zero-order valence-corrected chi connectivity index (χ0v) is 16.8. The van der Waals surface area contributed by atoms with Crippen molar-refractivity contribution in [2.45, 2.75) is 38.2 Å². The monoisotopic (exact) mass is 436 g/mol. The first-order valence-electron chi connectivity index (χ1n) is 9.36. The number of allylic oxidation sites excluding steroid dienone is 1. The van der Waals surface area contributed by atoms with Crippen molar-refractivity contribution in [3.8, 4) is 0 Å².